The molecule has 8 nitrogen and oxygen atoms in total. The van der Waals surface area contributed by atoms with Crippen LogP contribution in [-0.4, -0.2) is 49.8 Å². The molecule has 0 atom stereocenters. The van der Waals surface area contributed by atoms with E-state index in [1.807, 2.05) is 23.6 Å². The fourth-order valence-electron chi connectivity index (χ4n) is 3.18. The van der Waals surface area contributed by atoms with E-state index in [0.717, 1.165) is 11.3 Å². The Morgan fingerprint density at radius 3 is 2.74 bits per heavy atom. The third-order valence-electron chi connectivity index (χ3n) is 4.70. The summed E-state index contributed by atoms with van der Waals surface area (Å²) in [5.41, 5.74) is 1.64. The molecule has 1 saturated heterocycles. The number of fused-ring (bicyclic) bond motifs is 1. The SMILES string of the molecule is CS(=O)(=O)N1CCC(C(=O)Nc2nc(-c3ccc4c(c3)OCO4)cs2)CC1. The van der Waals surface area contributed by atoms with Crippen LogP contribution in [0.3, 0.4) is 0 Å². The van der Waals surface area contributed by atoms with Gasteiger partial charge in [-0.15, -0.1) is 11.3 Å². The molecule has 1 aromatic heterocycles. The van der Waals surface area contributed by atoms with Crippen LogP contribution < -0.4 is 14.8 Å². The fraction of sp³-hybridized carbons (Fsp3) is 0.412. The van der Waals surface area contributed by atoms with Crippen LogP contribution in [0.25, 0.3) is 11.3 Å². The second-order valence-electron chi connectivity index (χ2n) is 6.53. The van der Waals surface area contributed by atoms with Crippen molar-refractivity contribution in [2.75, 3.05) is 31.5 Å². The molecule has 3 heterocycles. The Balaban J connectivity index is 1.39. The predicted octanol–water partition coefficient (Wildman–Crippen LogP) is 2.15. The molecular weight excluding hydrogens is 390 g/mol. The van der Waals surface area contributed by atoms with Gasteiger partial charge in [0.25, 0.3) is 0 Å². The highest BCUT2D eigenvalue weighted by atomic mass is 32.2. The number of ether oxygens (including phenoxy) is 2. The van der Waals surface area contributed by atoms with Gasteiger partial charge < -0.3 is 14.8 Å². The van der Waals surface area contributed by atoms with Crippen LogP contribution in [0.15, 0.2) is 23.6 Å². The zero-order valence-corrected chi connectivity index (χ0v) is 16.3. The van der Waals surface area contributed by atoms with Crippen molar-refractivity contribution >= 4 is 32.4 Å². The van der Waals surface area contributed by atoms with Crippen LogP contribution in [-0.2, 0) is 14.8 Å². The summed E-state index contributed by atoms with van der Waals surface area (Å²) in [6.45, 7) is 0.962. The first-order valence-electron chi connectivity index (χ1n) is 8.52. The van der Waals surface area contributed by atoms with E-state index in [2.05, 4.69) is 10.3 Å². The van der Waals surface area contributed by atoms with Gasteiger partial charge in [-0.2, -0.15) is 0 Å². The molecule has 0 aliphatic carbocycles. The van der Waals surface area contributed by atoms with Crippen molar-refractivity contribution in [1.82, 2.24) is 9.29 Å². The van der Waals surface area contributed by atoms with E-state index in [-0.39, 0.29) is 18.6 Å². The van der Waals surface area contributed by atoms with Gasteiger partial charge in [0.1, 0.15) is 0 Å². The standard InChI is InChI=1S/C17H19N3O5S2/c1-27(22,23)20-6-4-11(5-7-20)16(21)19-17-18-13(9-26-17)12-2-3-14-15(8-12)25-10-24-14/h2-3,8-9,11H,4-7,10H2,1H3,(H,18,19,21). The zero-order chi connectivity index (χ0) is 19.0. The van der Waals surface area contributed by atoms with E-state index < -0.39 is 10.0 Å². The first-order chi connectivity index (χ1) is 12.9. The number of amides is 1. The average molecular weight is 409 g/mol. The van der Waals surface area contributed by atoms with Gasteiger partial charge in [-0.05, 0) is 31.0 Å². The summed E-state index contributed by atoms with van der Waals surface area (Å²) in [5.74, 6) is 1.07. The van der Waals surface area contributed by atoms with Crippen LogP contribution in [0.4, 0.5) is 5.13 Å². The van der Waals surface area contributed by atoms with Crippen molar-refractivity contribution in [2.24, 2.45) is 5.92 Å². The largest absolute Gasteiger partial charge is 0.454 e. The predicted molar refractivity (Wildman–Crippen MR) is 101 cm³/mol. The summed E-state index contributed by atoms with van der Waals surface area (Å²) in [4.78, 5) is 17.0. The second kappa shape index (κ2) is 7.10. The Kier molecular flexibility index (Phi) is 4.79. The van der Waals surface area contributed by atoms with Gasteiger partial charge in [-0.3, -0.25) is 4.79 Å². The molecule has 4 rings (SSSR count). The average Bonchev–Trinajstić information content (AvgIpc) is 3.29. The van der Waals surface area contributed by atoms with Crippen LogP contribution in [0.1, 0.15) is 12.8 Å². The highest BCUT2D eigenvalue weighted by Gasteiger charge is 2.29. The van der Waals surface area contributed by atoms with E-state index in [1.54, 1.807) is 0 Å². The van der Waals surface area contributed by atoms with Crippen molar-refractivity contribution in [3.05, 3.63) is 23.6 Å². The molecule has 1 fully saturated rings. The topological polar surface area (TPSA) is 97.8 Å². The van der Waals surface area contributed by atoms with Crippen LogP contribution in [0, 0.1) is 5.92 Å². The number of carbonyl (C=O) groups is 1. The van der Waals surface area contributed by atoms with Crippen molar-refractivity contribution in [2.45, 2.75) is 12.8 Å². The number of sulfonamides is 1. The molecule has 2 aliphatic rings. The molecule has 2 aromatic rings. The summed E-state index contributed by atoms with van der Waals surface area (Å²) >= 11 is 1.35. The lowest BCUT2D eigenvalue weighted by atomic mass is 9.97. The summed E-state index contributed by atoms with van der Waals surface area (Å²) < 4.78 is 35.2. The number of nitrogens with zero attached hydrogens (tertiary/aromatic N) is 2. The molecule has 27 heavy (non-hydrogen) atoms. The minimum Gasteiger partial charge on any atom is -0.454 e. The van der Waals surface area contributed by atoms with Crippen LogP contribution >= 0.6 is 11.3 Å². The summed E-state index contributed by atoms with van der Waals surface area (Å²) in [6.07, 6.45) is 2.22. The third kappa shape index (κ3) is 3.92. The van der Waals surface area contributed by atoms with E-state index >= 15 is 0 Å². The van der Waals surface area contributed by atoms with Gasteiger partial charge in [0.2, 0.25) is 22.7 Å². The van der Waals surface area contributed by atoms with Crippen molar-refractivity contribution in [1.29, 1.82) is 0 Å². The first kappa shape index (κ1) is 18.2. The minimum atomic E-state index is -3.19. The molecule has 0 spiro atoms. The number of nitrogens with one attached hydrogen (secondary N) is 1. The molecule has 1 N–H and O–H groups in total. The molecule has 1 aromatic carbocycles. The maximum Gasteiger partial charge on any atom is 0.231 e. The molecule has 2 aliphatic heterocycles. The number of piperidine rings is 1. The molecule has 0 unspecified atom stereocenters. The van der Waals surface area contributed by atoms with Gasteiger partial charge in [-0.1, -0.05) is 0 Å². The van der Waals surface area contributed by atoms with Gasteiger partial charge >= 0.3 is 0 Å². The number of benzene rings is 1. The van der Waals surface area contributed by atoms with E-state index in [1.165, 1.54) is 21.9 Å². The molecule has 0 saturated carbocycles. The smallest absolute Gasteiger partial charge is 0.231 e. The number of hydrogen-bond acceptors (Lipinski definition) is 7. The number of hydrogen-bond donors (Lipinski definition) is 1. The molecule has 10 heteroatoms. The molecule has 144 valence electrons. The number of anilines is 1. The third-order valence-corrected chi connectivity index (χ3v) is 6.76. The Morgan fingerprint density at radius 1 is 1.26 bits per heavy atom. The number of thiazole rings is 1. The number of aromatic nitrogens is 1. The van der Waals surface area contributed by atoms with E-state index in [0.29, 0.717) is 42.6 Å². The molecule has 1 amide bonds. The normalized spacial score (nSPS) is 17.8. The lowest BCUT2D eigenvalue weighted by Crippen LogP contribution is -2.40. The highest BCUT2D eigenvalue weighted by Crippen LogP contribution is 2.36. The van der Waals surface area contributed by atoms with E-state index in [4.69, 9.17) is 9.47 Å². The van der Waals surface area contributed by atoms with Gasteiger partial charge in [-0.25, -0.2) is 17.7 Å². The molecular formula is C17H19N3O5S2. The Labute approximate surface area is 161 Å². The van der Waals surface area contributed by atoms with Gasteiger partial charge in [0.05, 0.1) is 11.9 Å². The lowest BCUT2D eigenvalue weighted by molar-refractivity contribution is -0.120. The summed E-state index contributed by atoms with van der Waals surface area (Å²) in [7, 11) is -3.19. The Bertz CT molecular complexity index is 965. The van der Waals surface area contributed by atoms with Gasteiger partial charge in [0, 0.05) is 30.0 Å². The first-order valence-corrected chi connectivity index (χ1v) is 11.2. The molecule has 0 bridgehead atoms. The van der Waals surface area contributed by atoms with Crippen molar-refractivity contribution in [3.63, 3.8) is 0 Å². The van der Waals surface area contributed by atoms with Gasteiger partial charge in [0.15, 0.2) is 16.6 Å². The Morgan fingerprint density at radius 2 is 2.00 bits per heavy atom. The molecule has 0 radical (unpaired) electrons. The van der Waals surface area contributed by atoms with Crippen LogP contribution in [0.5, 0.6) is 11.5 Å². The quantitative estimate of drug-likeness (QED) is 0.831. The van der Waals surface area contributed by atoms with Crippen molar-refractivity contribution < 1.29 is 22.7 Å². The summed E-state index contributed by atoms with van der Waals surface area (Å²) in [6, 6.07) is 5.60. The number of rotatable bonds is 4. The maximum atomic E-state index is 12.5. The zero-order valence-electron chi connectivity index (χ0n) is 14.7. The monoisotopic (exact) mass is 409 g/mol. The fourth-order valence-corrected chi connectivity index (χ4v) is 4.77. The maximum absolute atomic E-state index is 12.5. The highest BCUT2D eigenvalue weighted by molar-refractivity contribution is 7.88. The lowest BCUT2D eigenvalue weighted by Gasteiger charge is -2.29. The second-order valence-corrected chi connectivity index (χ2v) is 9.37. The van der Waals surface area contributed by atoms with E-state index in [9.17, 15) is 13.2 Å². The van der Waals surface area contributed by atoms with Crippen LogP contribution in [0.2, 0.25) is 0 Å². The van der Waals surface area contributed by atoms with Crippen molar-refractivity contribution in [3.8, 4) is 22.8 Å². The minimum absolute atomic E-state index is 0.116. The number of carbonyl (C=O) groups excluding carboxylic acids is 1. The summed E-state index contributed by atoms with van der Waals surface area (Å²) in [5, 5.41) is 5.25. The Hall–Kier alpha value is -2.17.